The summed E-state index contributed by atoms with van der Waals surface area (Å²) < 4.78 is 0. The molecular formula is C9H10NS. The first kappa shape index (κ1) is 8.34. The summed E-state index contributed by atoms with van der Waals surface area (Å²) in [6.07, 6.45) is 0. The van der Waals surface area contributed by atoms with Crippen molar-refractivity contribution in [2.45, 2.75) is 12.7 Å². The molecule has 0 bridgehead atoms. The van der Waals surface area contributed by atoms with E-state index in [1.807, 2.05) is 18.2 Å². The molecular weight excluding hydrogens is 154 g/mol. The van der Waals surface area contributed by atoms with E-state index in [0.717, 1.165) is 5.75 Å². The molecule has 1 nitrogen and oxygen atoms in total. The molecule has 0 aliphatic carbocycles. The average Bonchev–Trinajstić information content (AvgIpc) is 2.03. The van der Waals surface area contributed by atoms with E-state index < -0.39 is 0 Å². The van der Waals surface area contributed by atoms with E-state index in [1.54, 1.807) is 6.92 Å². The Morgan fingerprint density at radius 1 is 1.36 bits per heavy atom. The second-order valence-electron chi connectivity index (χ2n) is 2.29. The molecule has 0 saturated carbocycles. The van der Waals surface area contributed by atoms with Gasteiger partial charge in [-0.1, -0.05) is 30.3 Å². The minimum Gasteiger partial charge on any atom is -0.148 e. The minimum atomic E-state index is 0.425. The molecule has 0 saturated heterocycles. The lowest BCUT2D eigenvalue weighted by Crippen LogP contribution is -1.85. The highest BCUT2D eigenvalue weighted by Crippen LogP contribution is 2.11. The summed E-state index contributed by atoms with van der Waals surface area (Å²) in [7, 11) is 0. The Bertz CT molecular complexity index is 231. The summed E-state index contributed by atoms with van der Waals surface area (Å²) in [4.78, 5) is 0. The third-order valence-corrected chi connectivity index (χ3v) is 2.19. The molecule has 1 aromatic rings. The van der Waals surface area contributed by atoms with Gasteiger partial charge in [-0.15, -0.1) is 17.2 Å². The van der Waals surface area contributed by atoms with Crippen LogP contribution in [-0.2, 0) is 5.75 Å². The van der Waals surface area contributed by atoms with Crippen LogP contribution in [-0.4, -0.2) is 5.04 Å². The van der Waals surface area contributed by atoms with Crippen molar-refractivity contribution >= 4 is 16.8 Å². The van der Waals surface area contributed by atoms with Gasteiger partial charge in [0.05, 0.1) is 5.04 Å². The maximum absolute atomic E-state index is 8.89. The maximum atomic E-state index is 8.89. The lowest BCUT2D eigenvalue weighted by atomic mass is 10.2. The van der Waals surface area contributed by atoms with Gasteiger partial charge in [0.2, 0.25) is 0 Å². The van der Waals surface area contributed by atoms with Crippen LogP contribution in [0.25, 0.3) is 0 Å². The van der Waals surface area contributed by atoms with Gasteiger partial charge in [-0.05, 0) is 12.5 Å². The predicted molar refractivity (Wildman–Crippen MR) is 50.6 cm³/mol. The Kier molecular flexibility index (Phi) is 3.17. The zero-order chi connectivity index (χ0) is 8.10. The molecule has 1 aromatic carbocycles. The van der Waals surface area contributed by atoms with Gasteiger partial charge >= 0.3 is 0 Å². The fraction of sp³-hybridized carbons (Fsp3) is 0.222. The van der Waals surface area contributed by atoms with Crippen molar-refractivity contribution in [2.75, 3.05) is 0 Å². The van der Waals surface area contributed by atoms with Crippen molar-refractivity contribution in [1.82, 2.24) is 5.41 Å². The molecule has 11 heavy (non-hydrogen) atoms. The van der Waals surface area contributed by atoms with Gasteiger partial charge < -0.3 is 0 Å². The van der Waals surface area contributed by atoms with Crippen LogP contribution < -0.4 is 5.41 Å². The van der Waals surface area contributed by atoms with E-state index >= 15 is 0 Å². The molecule has 0 amide bonds. The van der Waals surface area contributed by atoms with Gasteiger partial charge in [-0.25, -0.2) is 0 Å². The third-order valence-electron chi connectivity index (χ3n) is 1.29. The summed E-state index contributed by atoms with van der Waals surface area (Å²) in [5.74, 6) is 0.850. The van der Waals surface area contributed by atoms with Gasteiger partial charge in [-0.3, -0.25) is 0 Å². The highest BCUT2D eigenvalue weighted by molar-refractivity contribution is 8.13. The van der Waals surface area contributed by atoms with Gasteiger partial charge in [0.1, 0.15) is 0 Å². The highest BCUT2D eigenvalue weighted by atomic mass is 32.2. The molecule has 1 rings (SSSR count). The largest absolute Gasteiger partial charge is 0.148 e. The normalized spacial score (nSPS) is 9.55. The van der Waals surface area contributed by atoms with Crippen LogP contribution >= 0.6 is 11.8 Å². The molecule has 0 atom stereocenters. The van der Waals surface area contributed by atoms with Crippen molar-refractivity contribution in [3.63, 3.8) is 0 Å². The van der Waals surface area contributed by atoms with Crippen molar-refractivity contribution in [3.8, 4) is 0 Å². The van der Waals surface area contributed by atoms with Crippen LogP contribution in [0.1, 0.15) is 12.5 Å². The first-order valence-corrected chi connectivity index (χ1v) is 4.47. The minimum absolute atomic E-state index is 0.425. The maximum Gasteiger partial charge on any atom is 0.0931 e. The van der Waals surface area contributed by atoms with Crippen LogP contribution in [0.4, 0.5) is 0 Å². The Hall–Kier alpha value is -0.760. The molecule has 57 valence electrons. The van der Waals surface area contributed by atoms with Crippen LogP contribution in [0, 0.1) is 0 Å². The van der Waals surface area contributed by atoms with Crippen LogP contribution in [0.3, 0.4) is 0 Å². The molecule has 0 N–H and O–H groups in total. The molecule has 0 fully saturated rings. The summed E-state index contributed by atoms with van der Waals surface area (Å²) in [6.45, 7) is 1.70. The lowest BCUT2D eigenvalue weighted by Gasteiger charge is -1.96. The van der Waals surface area contributed by atoms with Gasteiger partial charge in [-0.2, -0.15) is 0 Å². The molecule has 0 spiro atoms. The number of benzene rings is 1. The van der Waals surface area contributed by atoms with Crippen LogP contribution in [0.2, 0.25) is 0 Å². The number of rotatable bonds is 2. The first-order chi connectivity index (χ1) is 5.29. The summed E-state index contributed by atoms with van der Waals surface area (Å²) in [5.41, 5.74) is 1.24. The fourth-order valence-electron chi connectivity index (χ4n) is 0.762. The van der Waals surface area contributed by atoms with Gasteiger partial charge in [0.15, 0.2) is 0 Å². The lowest BCUT2D eigenvalue weighted by molar-refractivity contribution is 1.42. The van der Waals surface area contributed by atoms with Crippen molar-refractivity contribution < 1.29 is 0 Å². The Morgan fingerprint density at radius 2 is 2.00 bits per heavy atom. The zero-order valence-corrected chi connectivity index (χ0v) is 7.27. The standard InChI is InChI=1S/C9H10NS/c1-8(10)11-7-9-5-3-2-4-6-9/h2-6H,7H2,1H3. The van der Waals surface area contributed by atoms with Crippen LogP contribution in [0.15, 0.2) is 30.3 Å². The monoisotopic (exact) mass is 164 g/mol. The Morgan fingerprint density at radius 3 is 2.55 bits per heavy atom. The van der Waals surface area contributed by atoms with E-state index in [4.69, 9.17) is 5.41 Å². The summed E-state index contributed by atoms with van der Waals surface area (Å²) in [6, 6.07) is 10.1. The molecule has 0 aliphatic heterocycles. The zero-order valence-electron chi connectivity index (χ0n) is 6.45. The molecule has 1 radical (unpaired) electrons. The first-order valence-electron chi connectivity index (χ1n) is 3.48. The number of thioether (sulfide) groups is 1. The van der Waals surface area contributed by atoms with Gasteiger partial charge in [0.25, 0.3) is 0 Å². The van der Waals surface area contributed by atoms with Crippen LogP contribution in [0.5, 0.6) is 0 Å². The quantitative estimate of drug-likeness (QED) is 0.485. The van der Waals surface area contributed by atoms with Crippen molar-refractivity contribution in [2.24, 2.45) is 0 Å². The Labute approximate surface area is 71.3 Å². The molecule has 0 aliphatic rings. The Balaban J connectivity index is 2.45. The number of nitrogens with zero attached hydrogens (tertiary/aromatic N) is 1. The van der Waals surface area contributed by atoms with Crippen molar-refractivity contribution in [3.05, 3.63) is 35.9 Å². The second-order valence-corrected chi connectivity index (χ2v) is 3.46. The molecule has 0 unspecified atom stereocenters. The molecule has 0 heterocycles. The SMILES string of the molecule is CC(=[N])SCc1ccccc1. The van der Waals surface area contributed by atoms with E-state index in [1.165, 1.54) is 17.3 Å². The topological polar surface area (TPSA) is 22.3 Å². The number of hydrogen-bond acceptors (Lipinski definition) is 1. The van der Waals surface area contributed by atoms with E-state index in [0.29, 0.717) is 5.04 Å². The van der Waals surface area contributed by atoms with Gasteiger partial charge in [0, 0.05) is 5.75 Å². The van der Waals surface area contributed by atoms with E-state index in [9.17, 15) is 0 Å². The number of hydrogen-bond donors (Lipinski definition) is 0. The third kappa shape index (κ3) is 3.23. The van der Waals surface area contributed by atoms with Crippen molar-refractivity contribution in [1.29, 1.82) is 0 Å². The summed E-state index contributed by atoms with van der Waals surface area (Å²) >= 11 is 1.46. The summed E-state index contributed by atoms with van der Waals surface area (Å²) in [5, 5.41) is 9.32. The van der Waals surface area contributed by atoms with E-state index in [-0.39, 0.29) is 0 Å². The molecule has 0 aromatic heterocycles. The van der Waals surface area contributed by atoms with E-state index in [2.05, 4.69) is 12.1 Å². The average molecular weight is 164 g/mol. The second kappa shape index (κ2) is 4.19. The molecule has 2 heteroatoms. The fourth-order valence-corrected chi connectivity index (χ4v) is 1.33. The highest BCUT2D eigenvalue weighted by Gasteiger charge is 1.92. The smallest absolute Gasteiger partial charge is 0.0931 e. The predicted octanol–water partition coefficient (Wildman–Crippen LogP) is 2.14.